The molecule has 0 saturated carbocycles. The summed E-state index contributed by atoms with van der Waals surface area (Å²) in [6, 6.07) is 20.7. The minimum absolute atomic E-state index is 0.150. The minimum atomic E-state index is -0.150. The summed E-state index contributed by atoms with van der Waals surface area (Å²) in [6.45, 7) is 1.05. The second-order valence-corrected chi connectivity index (χ2v) is 7.41. The highest BCUT2D eigenvalue weighted by atomic mass is 79.9. The maximum Gasteiger partial charge on any atom is 0.322 e. The Bertz CT molecular complexity index is 870. The van der Waals surface area contributed by atoms with Crippen molar-refractivity contribution in [3.05, 3.63) is 93.7 Å². The topological polar surface area (TPSA) is 45.2 Å². The smallest absolute Gasteiger partial charge is 0.320 e. The molecule has 27 heavy (non-hydrogen) atoms. The molecule has 3 rings (SSSR count). The Morgan fingerprint density at radius 1 is 1.04 bits per heavy atom. The first kappa shape index (κ1) is 19.4. The molecule has 2 aromatic carbocycles. The monoisotopic (exact) mass is 443 g/mol. The number of nitrogens with one attached hydrogen (secondary N) is 1. The lowest BCUT2D eigenvalue weighted by Gasteiger charge is -2.23. The number of amides is 2. The molecule has 1 N–H and O–H groups in total. The Labute approximate surface area is 172 Å². The van der Waals surface area contributed by atoms with Gasteiger partial charge in [-0.25, -0.2) is 4.79 Å². The summed E-state index contributed by atoms with van der Waals surface area (Å²) >= 11 is 9.37. The van der Waals surface area contributed by atoms with Crippen molar-refractivity contribution in [2.24, 2.45) is 0 Å². The van der Waals surface area contributed by atoms with Crippen LogP contribution in [0.15, 0.2) is 77.4 Å². The first-order chi connectivity index (χ1) is 13.1. The Kier molecular flexibility index (Phi) is 6.85. The van der Waals surface area contributed by atoms with Gasteiger partial charge >= 0.3 is 6.03 Å². The number of rotatable bonds is 6. The van der Waals surface area contributed by atoms with Gasteiger partial charge in [0.1, 0.15) is 0 Å². The summed E-state index contributed by atoms with van der Waals surface area (Å²) < 4.78 is 0.966. The zero-order chi connectivity index (χ0) is 19.1. The lowest BCUT2D eigenvalue weighted by Crippen LogP contribution is -2.36. The molecule has 2 amide bonds. The molecule has 0 unspecified atom stereocenters. The molecule has 3 aromatic rings. The van der Waals surface area contributed by atoms with Crippen molar-refractivity contribution < 1.29 is 4.79 Å². The van der Waals surface area contributed by atoms with E-state index in [9.17, 15) is 4.79 Å². The Morgan fingerprint density at radius 2 is 1.78 bits per heavy atom. The van der Waals surface area contributed by atoms with Gasteiger partial charge in [0.25, 0.3) is 0 Å². The van der Waals surface area contributed by atoms with E-state index in [1.807, 2.05) is 66.7 Å². The summed E-state index contributed by atoms with van der Waals surface area (Å²) in [5, 5.41) is 3.64. The van der Waals surface area contributed by atoms with Crippen molar-refractivity contribution in [2.75, 3.05) is 11.9 Å². The predicted molar refractivity (Wildman–Crippen MR) is 113 cm³/mol. The van der Waals surface area contributed by atoms with E-state index in [1.165, 1.54) is 0 Å². The summed E-state index contributed by atoms with van der Waals surface area (Å²) in [4.78, 5) is 19.0. The molecule has 0 atom stereocenters. The number of carbonyl (C=O) groups excluding carboxylic acids is 1. The van der Waals surface area contributed by atoms with Crippen molar-refractivity contribution >= 4 is 39.2 Å². The van der Waals surface area contributed by atoms with Gasteiger partial charge in [-0.3, -0.25) is 4.98 Å². The number of nitrogens with zero attached hydrogens (tertiary/aromatic N) is 2. The highest BCUT2D eigenvalue weighted by Crippen LogP contribution is 2.16. The SMILES string of the molecule is O=C(Nc1ccc(Br)cc1)N(CCc1ccccn1)Cc1ccc(Cl)cc1. The van der Waals surface area contributed by atoms with Gasteiger partial charge in [-0.15, -0.1) is 0 Å². The highest BCUT2D eigenvalue weighted by Gasteiger charge is 2.15. The molecule has 0 fully saturated rings. The lowest BCUT2D eigenvalue weighted by atomic mass is 10.2. The third kappa shape index (κ3) is 6.08. The molecule has 1 heterocycles. The number of carbonyl (C=O) groups is 1. The number of aromatic nitrogens is 1. The van der Waals surface area contributed by atoms with Gasteiger partial charge in [0.2, 0.25) is 0 Å². The zero-order valence-corrected chi connectivity index (χ0v) is 17.0. The molecule has 0 aliphatic carbocycles. The van der Waals surface area contributed by atoms with Crippen LogP contribution >= 0.6 is 27.5 Å². The van der Waals surface area contributed by atoms with E-state index in [2.05, 4.69) is 26.2 Å². The molecule has 0 aliphatic rings. The van der Waals surface area contributed by atoms with Crippen molar-refractivity contribution in [1.29, 1.82) is 0 Å². The molecule has 4 nitrogen and oxygen atoms in total. The largest absolute Gasteiger partial charge is 0.322 e. The average Bonchev–Trinajstić information content (AvgIpc) is 2.69. The molecule has 0 radical (unpaired) electrons. The van der Waals surface area contributed by atoms with E-state index >= 15 is 0 Å². The lowest BCUT2D eigenvalue weighted by molar-refractivity contribution is 0.209. The van der Waals surface area contributed by atoms with E-state index in [0.29, 0.717) is 24.5 Å². The van der Waals surface area contributed by atoms with Crippen LogP contribution < -0.4 is 5.32 Å². The van der Waals surface area contributed by atoms with Crippen LogP contribution in [0.25, 0.3) is 0 Å². The van der Waals surface area contributed by atoms with Crippen molar-refractivity contribution in [3.63, 3.8) is 0 Å². The van der Waals surface area contributed by atoms with Crippen LogP contribution in [0.3, 0.4) is 0 Å². The molecule has 0 aliphatic heterocycles. The van der Waals surface area contributed by atoms with Gasteiger partial charge in [-0.05, 0) is 54.1 Å². The number of hydrogen-bond donors (Lipinski definition) is 1. The Morgan fingerprint density at radius 3 is 2.44 bits per heavy atom. The van der Waals surface area contributed by atoms with Crippen LogP contribution in [0.5, 0.6) is 0 Å². The Balaban J connectivity index is 1.71. The van der Waals surface area contributed by atoms with E-state index in [1.54, 1.807) is 11.1 Å². The number of halogens is 2. The van der Waals surface area contributed by atoms with Crippen LogP contribution in [-0.2, 0) is 13.0 Å². The molecule has 1 aromatic heterocycles. The normalized spacial score (nSPS) is 10.4. The number of anilines is 1. The second-order valence-electron chi connectivity index (χ2n) is 6.06. The summed E-state index contributed by atoms with van der Waals surface area (Å²) in [5.74, 6) is 0. The van der Waals surface area contributed by atoms with E-state index < -0.39 is 0 Å². The zero-order valence-electron chi connectivity index (χ0n) is 14.6. The quantitative estimate of drug-likeness (QED) is 0.524. The molecule has 0 bridgehead atoms. The fraction of sp³-hybridized carbons (Fsp3) is 0.143. The van der Waals surface area contributed by atoms with Gasteiger partial charge in [0.05, 0.1) is 0 Å². The van der Waals surface area contributed by atoms with Crippen LogP contribution in [0.4, 0.5) is 10.5 Å². The molecular weight excluding hydrogens is 426 g/mol. The van der Waals surface area contributed by atoms with Gasteiger partial charge in [-0.2, -0.15) is 0 Å². The number of urea groups is 1. The number of hydrogen-bond acceptors (Lipinski definition) is 2. The first-order valence-electron chi connectivity index (χ1n) is 8.56. The third-order valence-corrected chi connectivity index (χ3v) is 4.81. The third-order valence-electron chi connectivity index (χ3n) is 4.03. The minimum Gasteiger partial charge on any atom is -0.320 e. The van der Waals surface area contributed by atoms with E-state index in [-0.39, 0.29) is 6.03 Å². The van der Waals surface area contributed by atoms with Crippen molar-refractivity contribution in [3.8, 4) is 0 Å². The van der Waals surface area contributed by atoms with Crippen molar-refractivity contribution in [1.82, 2.24) is 9.88 Å². The number of benzene rings is 2. The highest BCUT2D eigenvalue weighted by molar-refractivity contribution is 9.10. The maximum absolute atomic E-state index is 12.8. The fourth-order valence-electron chi connectivity index (χ4n) is 2.59. The van der Waals surface area contributed by atoms with Gasteiger partial charge < -0.3 is 10.2 Å². The molecule has 0 spiro atoms. The van der Waals surface area contributed by atoms with Crippen molar-refractivity contribution in [2.45, 2.75) is 13.0 Å². The van der Waals surface area contributed by atoms with Crippen LogP contribution in [0, 0.1) is 0 Å². The molecule has 138 valence electrons. The number of pyridine rings is 1. The summed E-state index contributed by atoms with van der Waals surface area (Å²) in [6.07, 6.45) is 2.45. The summed E-state index contributed by atoms with van der Waals surface area (Å²) in [5.41, 5.74) is 2.73. The first-order valence-corrected chi connectivity index (χ1v) is 9.73. The van der Waals surface area contributed by atoms with Gasteiger partial charge in [0, 0.05) is 46.6 Å². The standard InChI is InChI=1S/C21H19BrClN3O/c22-17-6-10-20(11-7-17)25-21(27)26(14-12-19-3-1-2-13-24-19)15-16-4-8-18(23)9-5-16/h1-11,13H,12,14-15H2,(H,25,27). The molecular formula is C21H19BrClN3O. The van der Waals surface area contributed by atoms with Gasteiger partial charge in [0.15, 0.2) is 0 Å². The van der Waals surface area contributed by atoms with Crippen LogP contribution in [0.2, 0.25) is 5.02 Å². The predicted octanol–water partition coefficient (Wildman–Crippen LogP) is 5.77. The van der Waals surface area contributed by atoms with E-state index in [4.69, 9.17) is 11.6 Å². The fourth-order valence-corrected chi connectivity index (χ4v) is 2.98. The van der Waals surface area contributed by atoms with E-state index in [0.717, 1.165) is 21.4 Å². The Hall–Kier alpha value is -2.37. The molecule has 6 heteroatoms. The second kappa shape index (κ2) is 9.53. The van der Waals surface area contributed by atoms with Crippen LogP contribution in [0.1, 0.15) is 11.3 Å². The summed E-state index contributed by atoms with van der Waals surface area (Å²) in [7, 11) is 0. The maximum atomic E-state index is 12.8. The molecule has 0 saturated heterocycles. The van der Waals surface area contributed by atoms with Gasteiger partial charge in [-0.1, -0.05) is 45.7 Å². The van der Waals surface area contributed by atoms with Crippen LogP contribution in [-0.4, -0.2) is 22.5 Å². The average molecular weight is 445 g/mol.